The van der Waals surface area contributed by atoms with E-state index in [-0.39, 0.29) is 23.4 Å². The summed E-state index contributed by atoms with van der Waals surface area (Å²) in [5, 5.41) is 2.76. The van der Waals surface area contributed by atoms with Crippen LogP contribution in [0.15, 0.2) is 29.2 Å². The molecule has 0 saturated carbocycles. The molecule has 0 saturated heterocycles. The van der Waals surface area contributed by atoms with E-state index in [0.29, 0.717) is 5.69 Å². The number of nitrogen functional groups attached to an aromatic ring is 1. The van der Waals surface area contributed by atoms with Crippen LogP contribution in [-0.4, -0.2) is 23.5 Å². The molecule has 0 aliphatic rings. The maximum absolute atomic E-state index is 11.8. The zero-order valence-electron chi connectivity index (χ0n) is 11.5. The van der Waals surface area contributed by atoms with Gasteiger partial charge in [-0.2, -0.15) is 0 Å². The van der Waals surface area contributed by atoms with Gasteiger partial charge in [0.25, 0.3) is 0 Å². The summed E-state index contributed by atoms with van der Waals surface area (Å²) in [6.45, 7) is 5.32. The van der Waals surface area contributed by atoms with Crippen LogP contribution in [-0.2, 0) is 9.59 Å². The van der Waals surface area contributed by atoms with E-state index in [1.807, 2.05) is 32.0 Å². The number of thioether (sulfide) groups is 1. The lowest BCUT2D eigenvalue weighted by molar-refractivity contribution is -0.126. The van der Waals surface area contributed by atoms with Crippen LogP contribution in [0.1, 0.15) is 20.8 Å². The van der Waals surface area contributed by atoms with E-state index in [2.05, 4.69) is 5.32 Å². The second kappa shape index (κ2) is 7.19. The third kappa shape index (κ3) is 5.34. The molecule has 1 rings (SSSR count). The minimum Gasteiger partial charge on any atom is -0.399 e. The van der Waals surface area contributed by atoms with Gasteiger partial charge in [0, 0.05) is 10.6 Å². The Labute approximate surface area is 118 Å². The number of ketones is 1. The number of nitrogens with two attached hydrogens (primary N) is 1. The van der Waals surface area contributed by atoms with Crippen molar-refractivity contribution in [2.45, 2.75) is 31.7 Å². The molecule has 0 radical (unpaired) electrons. The lowest BCUT2D eigenvalue weighted by Gasteiger charge is -2.19. The number of benzene rings is 1. The summed E-state index contributed by atoms with van der Waals surface area (Å²) in [7, 11) is 0. The first-order chi connectivity index (χ1) is 8.90. The van der Waals surface area contributed by atoms with Gasteiger partial charge in [-0.05, 0) is 31.0 Å². The zero-order valence-corrected chi connectivity index (χ0v) is 12.3. The van der Waals surface area contributed by atoms with Gasteiger partial charge in [-0.25, -0.2) is 0 Å². The van der Waals surface area contributed by atoms with E-state index in [1.165, 1.54) is 18.7 Å². The molecular formula is C14H20N2O2S. The van der Waals surface area contributed by atoms with E-state index in [0.717, 1.165) is 4.90 Å². The number of nitrogens with one attached hydrogen (secondary N) is 1. The lowest BCUT2D eigenvalue weighted by Crippen LogP contribution is -2.44. The van der Waals surface area contributed by atoms with Crippen LogP contribution in [0.3, 0.4) is 0 Å². The molecule has 5 heteroatoms. The fraction of sp³-hybridized carbons (Fsp3) is 0.429. The number of anilines is 1. The lowest BCUT2D eigenvalue weighted by atomic mass is 10.0. The quantitative estimate of drug-likeness (QED) is 0.618. The number of hydrogen-bond acceptors (Lipinski definition) is 4. The number of carbonyl (C=O) groups is 2. The third-order valence-electron chi connectivity index (χ3n) is 2.65. The van der Waals surface area contributed by atoms with Crippen molar-refractivity contribution in [3.05, 3.63) is 24.3 Å². The van der Waals surface area contributed by atoms with Crippen molar-refractivity contribution < 1.29 is 9.59 Å². The second-order valence-corrected chi connectivity index (χ2v) is 5.81. The molecule has 0 aliphatic carbocycles. The van der Waals surface area contributed by atoms with Gasteiger partial charge in [0.15, 0.2) is 5.78 Å². The summed E-state index contributed by atoms with van der Waals surface area (Å²) in [6, 6.07) is 6.97. The van der Waals surface area contributed by atoms with E-state index in [4.69, 9.17) is 5.73 Å². The molecule has 1 aromatic rings. The Hall–Kier alpha value is -1.49. The average Bonchev–Trinajstić information content (AvgIpc) is 2.32. The maximum Gasteiger partial charge on any atom is 0.230 e. The molecule has 0 fully saturated rings. The standard InChI is InChI=1S/C14H20N2O2S/c1-9(2)14(10(3)17)16-13(18)8-19-12-6-4-5-11(15)7-12/h4-7,9,14H,8,15H2,1-3H3,(H,16,18). The van der Waals surface area contributed by atoms with Gasteiger partial charge in [0.2, 0.25) is 5.91 Å². The van der Waals surface area contributed by atoms with E-state index < -0.39 is 6.04 Å². The van der Waals surface area contributed by atoms with Crippen LogP contribution in [0.4, 0.5) is 5.69 Å². The highest BCUT2D eigenvalue weighted by Crippen LogP contribution is 2.19. The number of Topliss-reactive ketones (excluding diaryl/α,β-unsaturated/α-hetero) is 1. The number of rotatable bonds is 6. The van der Waals surface area contributed by atoms with E-state index in [1.54, 1.807) is 6.07 Å². The highest BCUT2D eigenvalue weighted by atomic mass is 32.2. The van der Waals surface area contributed by atoms with Crippen LogP contribution in [0.25, 0.3) is 0 Å². The molecular weight excluding hydrogens is 260 g/mol. The van der Waals surface area contributed by atoms with Gasteiger partial charge in [-0.3, -0.25) is 9.59 Å². The van der Waals surface area contributed by atoms with Crippen molar-refractivity contribution in [3.8, 4) is 0 Å². The molecule has 3 N–H and O–H groups in total. The number of carbonyl (C=O) groups excluding carboxylic acids is 2. The second-order valence-electron chi connectivity index (χ2n) is 4.76. The van der Waals surface area contributed by atoms with Crippen LogP contribution in [0, 0.1) is 5.92 Å². The van der Waals surface area contributed by atoms with Gasteiger partial charge in [0.1, 0.15) is 0 Å². The van der Waals surface area contributed by atoms with Crippen LogP contribution >= 0.6 is 11.8 Å². The normalized spacial score (nSPS) is 12.2. The maximum atomic E-state index is 11.8. The molecule has 1 amide bonds. The minimum atomic E-state index is -0.408. The molecule has 4 nitrogen and oxygen atoms in total. The molecule has 19 heavy (non-hydrogen) atoms. The van der Waals surface area contributed by atoms with Crippen LogP contribution in [0.5, 0.6) is 0 Å². The fourth-order valence-electron chi connectivity index (χ4n) is 1.71. The Balaban J connectivity index is 2.49. The average molecular weight is 280 g/mol. The zero-order chi connectivity index (χ0) is 14.4. The first kappa shape index (κ1) is 15.6. The van der Waals surface area contributed by atoms with Gasteiger partial charge >= 0.3 is 0 Å². The number of hydrogen-bond donors (Lipinski definition) is 2. The Morgan fingerprint density at radius 1 is 1.37 bits per heavy atom. The van der Waals surface area contributed by atoms with Crippen molar-refractivity contribution >= 4 is 29.1 Å². The summed E-state index contributed by atoms with van der Waals surface area (Å²) in [5.41, 5.74) is 6.34. The van der Waals surface area contributed by atoms with Gasteiger partial charge in [0.05, 0.1) is 11.8 Å². The predicted molar refractivity (Wildman–Crippen MR) is 79.0 cm³/mol. The van der Waals surface area contributed by atoms with Crippen molar-refractivity contribution in [2.75, 3.05) is 11.5 Å². The first-order valence-electron chi connectivity index (χ1n) is 6.18. The Morgan fingerprint density at radius 2 is 2.05 bits per heavy atom. The van der Waals surface area contributed by atoms with E-state index >= 15 is 0 Å². The summed E-state index contributed by atoms with van der Waals surface area (Å²) in [5.74, 6) is 0.220. The Bertz CT molecular complexity index is 461. The van der Waals surface area contributed by atoms with Gasteiger partial charge in [-0.1, -0.05) is 19.9 Å². The SMILES string of the molecule is CC(=O)C(NC(=O)CSc1cccc(N)c1)C(C)C. The van der Waals surface area contributed by atoms with Crippen molar-refractivity contribution in [1.29, 1.82) is 0 Å². The summed E-state index contributed by atoms with van der Waals surface area (Å²) in [4.78, 5) is 24.2. The molecule has 1 unspecified atom stereocenters. The molecule has 0 bridgehead atoms. The molecule has 104 valence electrons. The van der Waals surface area contributed by atoms with Crippen LogP contribution in [0.2, 0.25) is 0 Å². The highest BCUT2D eigenvalue weighted by Gasteiger charge is 2.20. The summed E-state index contributed by atoms with van der Waals surface area (Å²) < 4.78 is 0. The monoisotopic (exact) mass is 280 g/mol. The topological polar surface area (TPSA) is 72.2 Å². The molecule has 0 aliphatic heterocycles. The molecule has 0 heterocycles. The van der Waals surface area contributed by atoms with Crippen molar-refractivity contribution in [1.82, 2.24) is 5.32 Å². The highest BCUT2D eigenvalue weighted by molar-refractivity contribution is 8.00. The van der Waals surface area contributed by atoms with Crippen LogP contribution < -0.4 is 11.1 Å². The molecule has 1 aromatic carbocycles. The third-order valence-corrected chi connectivity index (χ3v) is 3.64. The fourth-order valence-corrected chi connectivity index (χ4v) is 2.48. The summed E-state index contributed by atoms with van der Waals surface area (Å²) >= 11 is 1.40. The first-order valence-corrected chi connectivity index (χ1v) is 7.17. The van der Waals surface area contributed by atoms with E-state index in [9.17, 15) is 9.59 Å². The predicted octanol–water partition coefficient (Wildman–Crippen LogP) is 2.09. The molecule has 0 spiro atoms. The smallest absolute Gasteiger partial charge is 0.230 e. The molecule has 0 aromatic heterocycles. The van der Waals surface area contributed by atoms with Gasteiger partial charge < -0.3 is 11.1 Å². The number of amides is 1. The summed E-state index contributed by atoms with van der Waals surface area (Å²) in [6.07, 6.45) is 0. The molecule has 1 atom stereocenters. The van der Waals surface area contributed by atoms with Gasteiger partial charge in [-0.15, -0.1) is 11.8 Å². The Kier molecular flexibility index (Phi) is 5.89. The minimum absolute atomic E-state index is 0.0164. The van der Waals surface area contributed by atoms with Crippen molar-refractivity contribution in [3.63, 3.8) is 0 Å². The van der Waals surface area contributed by atoms with Crippen molar-refractivity contribution in [2.24, 2.45) is 5.92 Å². The largest absolute Gasteiger partial charge is 0.399 e. The Morgan fingerprint density at radius 3 is 2.58 bits per heavy atom.